The molecule has 1 aliphatic heterocycles. The third kappa shape index (κ3) is 2.94. The molecule has 2 aromatic carbocycles. The highest BCUT2D eigenvalue weighted by atomic mass is 32.1. The zero-order valence-corrected chi connectivity index (χ0v) is 13.8. The van der Waals surface area contributed by atoms with Crippen molar-refractivity contribution in [2.75, 3.05) is 23.4 Å². The number of carbonyl (C=O) groups is 2. The molecule has 1 aromatic heterocycles. The second-order valence-electron chi connectivity index (χ2n) is 5.53. The molecule has 3 aromatic rings. The van der Waals surface area contributed by atoms with E-state index in [2.05, 4.69) is 5.32 Å². The number of carbonyl (C=O) groups excluding carboxylic acids is 2. The van der Waals surface area contributed by atoms with Gasteiger partial charge >= 0.3 is 6.09 Å². The minimum Gasteiger partial charge on any atom is -0.447 e. The van der Waals surface area contributed by atoms with Crippen molar-refractivity contribution in [2.45, 2.75) is 0 Å². The highest BCUT2D eigenvalue weighted by Crippen LogP contribution is 2.29. The Morgan fingerprint density at radius 1 is 1.20 bits per heavy atom. The highest BCUT2D eigenvalue weighted by molar-refractivity contribution is 7.20. The van der Waals surface area contributed by atoms with Crippen LogP contribution in [-0.2, 0) is 4.74 Å². The minimum absolute atomic E-state index is 0.318. The first-order valence-electron chi connectivity index (χ1n) is 7.65. The molecule has 5 nitrogen and oxygen atoms in total. The van der Waals surface area contributed by atoms with E-state index in [4.69, 9.17) is 4.74 Å². The Kier molecular flexibility index (Phi) is 3.85. The van der Waals surface area contributed by atoms with Crippen molar-refractivity contribution in [1.29, 1.82) is 0 Å². The Morgan fingerprint density at radius 3 is 2.80 bits per heavy atom. The summed E-state index contributed by atoms with van der Waals surface area (Å²) in [5.41, 5.74) is 1.21. The molecule has 0 bridgehead atoms. The molecule has 7 heteroatoms. The fourth-order valence-electron chi connectivity index (χ4n) is 2.71. The average molecular weight is 356 g/mol. The lowest BCUT2D eigenvalue weighted by molar-refractivity contribution is 0.103. The van der Waals surface area contributed by atoms with Crippen LogP contribution in [0.5, 0.6) is 0 Å². The first-order valence-corrected chi connectivity index (χ1v) is 8.47. The predicted octanol–water partition coefficient (Wildman–Crippen LogP) is 4.25. The number of nitrogens with zero attached hydrogens (tertiary/aromatic N) is 1. The summed E-state index contributed by atoms with van der Waals surface area (Å²) in [6.07, 6.45) is -0.400. The van der Waals surface area contributed by atoms with E-state index in [9.17, 15) is 14.0 Å². The van der Waals surface area contributed by atoms with Crippen LogP contribution in [0.25, 0.3) is 10.1 Å². The summed E-state index contributed by atoms with van der Waals surface area (Å²) in [6.45, 7) is 0.828. The number of hydrogen-bond acceptors (Lipinski definition) is 4. The van der Waals surface area contributed by atoms with E-state index < -0.39 is 6.09 Å². The highest BCUT2D eigenvalue weighted by Gasteiger charge is 2.23. The third-order valence-corrected chi connectivity index (χ3v) is 5.01. The Labute approximate surface area is 146 Å². The van der Waals surface area contributed by atoms with Crippen molar-refractivity contribution < 1.29 is 18.7 Å². The molecule has 126 valence electrons. The topological polar surface area (TPSA) is 58.6 Å². The lowest BCUT2D eigenvalue weighted by atomic mass is 10.2. The molecule has 1 aliphatic rings. The van der Waals surface area contributed by atoms with Crippen LogP contribution in [-0.4, -0.2) is 25.2 Å². The molecule has 2 amide bonds. The van der Waals surface area contributed by atoms with E-state index in [-0.39, 0.29) is 11.7 Å². The van der Waals surface area contributed by atoms with Crippen molar-refractivity contribution in [3.63, 3.8) is 0 Å². The summed E-state index contributed by atoms with van der Waals surface area (Å²) < 4.78 is 19.4. The molecule has 4 rings (SSSR count). The normalized spacial score (nSPS) is 14.0. The first kappa shape index (κ1) is 15.6. The van der Waals surface area contributed by atoms with Gasteiger partial charge in [-0.1, -0.05) is 12.1 Å². The van der Waals surface area contributed by atoms with Gasteiger partial charge in [0.15, 0.2) is 0 Å². The predicted molar refractivity (Wildman–Crippen MR) is 94.9 cm³/mol. The molecule has 2 heterocycles. The number of rotatable bonds is 3. The zero-order valence-electron chi connectivity index (χ0n) is 13.0. The summed E-state index contributed by atoms with van der Waals surface area (Å²) in [5, 5.41) is 3.22. The number of cyclic esters (lactones) is 1. The van der Waals surface area contributed by atoms with Crippen molar-refractivity contribution >= 4 is 44.8 Å². The Morgan fingerprint density at radius 2 is 2.04 bits per heavy atom. The summed E-state index contributed by atoms with van der Waals surface area (Å²) >= 11 is 1.23. The summed E-state index contributed by atoms with van der Waals surface area (Å²) in [5.74, 6) is -0.663. The summed E-state index contributed by atoms with van der Waals surface area (Å²) in [4.78, 5) is 26.0. The number of benzene rings is 2. The number of hydrogen-bond donors (Lipinski definition) is 1. The number of nitrogens with one attached hydrogen (secondary N) is 1. The van der Waals surface area contributed by atoms with E-state index in [0.29, 0.717) is 34.8 Å². The molecular weight excluding hydrogens is 343 g/mol. The van der Waals surface area contributed by atoms with Crippen LogP contribution >= 0.6 is 11.3 Å². The van der Waals surface area contributed by atoms with E-state index in [0.717, 1.165) is 4.70 Å². The summed E-state index contributed by atoms with van der Waals surface area (Å²) in [7, 11) is 0. The molecule has 0 atom stereocenters. The molecule has 1 fully saturated rings. The van der Waals surface area contributed by atoms with E-state index in [1.54, 1.807) is 42.5 Å². The van der Waals surface area contributed by atoms with Gasteiger partial charge in [0.25, 0.3) is 5.91 Å². The number of fused-ring (bicyclic) bond motifs is 1. The van der Waals surface area contributed by atoms with Crippen LogP contribution < -0.4 is 10.2 Å². The molecule has 1 N–H and O–H groups in total. The van der Waals surface area contributed by atoms with Crippen LogP contribution in [0.4, 0.5) is 20.6 Å². The number of thiophene rings is 1. The largest absolute Gasteiger partial charge is 0.447 e. The Bertz CT molecular complexity index is 985. The van der Waals surface area contributed by atoms with Crippen LogP contribution in [0.1, 0.15) is 9.67 Å². The van der Waals surface area contributed by atoms with Gasteiger partial charge in [0.05, 0.1) is 11.4 Å². The lowest BCUT2D eigenvalue weighted by Crippen LogP contribution is -2.23. The minimum atomic E-state index is -0.400. The van der Waals surface area contributed by atoms with Gasteiger partial charge < -0.3 is 10.1 Å². The fraction of sp³-hybridized carbons (Fsp3) is 0.111. The molecule has 0 aliphatic carbocycles. The van der Waals surface area contributed by atoms with Crippen molar-refractivity contribution in [1.82, 2.24) is 0 Å². The van der Waals surface area contributed by atoms with E-state index >= 15 is 0 Å². The van der Waals surface area contributed by atoms with E-state index in [1.165, 1.54) is 22.3 Å². The van der Waals surface area contributed by atoms with Gasteiger partial charge in [-0.15, -0.1) is 11.3 Å². The van der Waals surface area contributed by atoms with E-state index in [1.807, 2.05) is 0 Å². The van der Waals surface area contributed by atoms with Crippen LogP contribution in [0.15, 0.2) is 48.5 Å². The number of ether oxygens (including phenoxy) is 1. The maximum atomic E-state index is 13.8. The monoisotopic (exact) mass is 356 g/mol. The molecule has 25 heavy (non-hydrogen) atoms. The second kappa shape index (κ2) is 6.18. The Balaban J connectivity index is 1.57. The average Bonchev–Trinajstić information content (AvgIpc) is 3.22. The lowest BCUT2D eigenvalue weighted by Gasteiger charge is -2.14. The number of anilines is 2. The van der Waals surface area contributed by atoms with Crippen molar-refractivity contribution in [2.24, 2.45) is 0 Å². The van der Waals surface area contributed by atoms with Gasteiger partial charge in [0.1, 0.15) is 12.4 Å². The molecule has 0 spiro atoms. The number of halogens is 1. The Hall–Kier alpha value is -2.93. The maximum Gasteiger partial charge on any atom is 0.414 e. The molecule has 0 saturated carbocycles. The third-order valence-electron chi connectivity index (χ3n) is 3.91. The SMILES string of the molecule is O=C(Nc1cccc(N2CCOC2=O)c1)c1cc2c(F)cccc2s1. The van der Waals surface area contributed by atoms with Crippen LogP contribution in [0, 0.1) is 5.82 Å². The summed E-state index contributed by atoms with van der Waals surface area (Å²) in [6, 6.07) is 13.3. The van der Waals surface area contributed by atoms with Gasteiger partial charge in [-0.05, 0) is 36.4 Å². The second-order valence-corrected chi connectivity index (χ2v) is 6.62. The van der Waals surface area contributed by atoms with Crippen LogP contribution in [0.2, 0.25) is 0 Å². The maximum absolute atomic E-state index is 13.8. The van der Waals surface area contributed by atoms with Gasteiger partial charge in [0, 0.05) is 21.5 Å². The van der Waals surface area contributed by atoms with Gasteiger partial charge in [-0.3, -0.25) is 9.69 Å². The fourth-order valence-corrected chi connectivity index (χ4v) is 3.68. The molecule has 0 unspecified atom stereocenters. The van der Waals surface area contributed by atoms with Gasteiger partial charge in [-0.2, -0.15) is 0 Å². The molecular formula is C18H13FN2O3S. The smallest absolute Gasteiger partial charge is 0.414 e. The van der Waals surface area contributed by atoms with Crippen LogP contribution in [0.3, 0.4) is 0 Å². The van der Waals surface area contributed by atoms with Crippen molar-refractivity contribution in [3.8, 4) is 0 Å². The zero-order chi connectivity index (χ0) is 17.4. The van der Waals surface area contributed by atoms with Gasteiger partial charge in [-0.25, -0.2) is 9.18 Å². The quantitative estimate of drug-likeness (QED) is 0.763. The first-order chi connectivity index (χ1) is 12.1. The molecule has 0 radical (unpaired) electrons. The molecule has 1 saturated heterocycles. The number of amides is 2. The van der Waals surface area contributed by atoms with Crippen molar-refractivity contribution in [3.05, 3.63) is 59.2 Å². The standard InChI is InChI=1S/C18H13FN2O3S/c19-14-5-2-6-15-13(14)10-16(25-15)17(22)20-11-3-1-4-12(9-11)21-7-8-24-18(21)23/h1-6,9-10H,7-8H2,(H,20,22). The van der Waals surface area contributed by atoms with Gasteiger partial charge in [0.2, 0.25) is 0 Å².